The van der Waals surface area contributed by atoms with Gasteiger partial charge in [-0.05, 0) is 173 Å². The molecule has 11 N–H and O–H groups in total. The first-order valence-electron chi connectivity index (χ1n) is 26.2. The van der Waals surface area contributed by atoms with Gasteiger partial charge in [0.2, 0.25) is 5.91 Å². The van der Waals surface area contributed by atoms with Crippen molar-refractivity contribution < 1.29 is 40.2 Å². The van der Waals surface area contributed by atoms with Crippen molar-refractivity contribution in [1.82, 2.24) is 16.0 Å². The van der Waals surface area contributed by atoms with Gasteiger partial charge in [0, 0.05) is 30.3 Å². The lowest BCUT2D eigenvalue weighted by Gasteiger charge is -2.56. The van der Waals surface area contributed by atoms with Crippen LogP contribution in [0.4, 0.5) is 0 Å². The summed E-state index contributed by atoms with van der Waals surface area (Å²) in [5, 5.41) is 80.2. The number of benzene rings is 3. The Morgan fingerprint density at radius 3 is 2.42 bits per heavy atom. The van der Waals surface area contributed by atoms with E-state index in [1.165, 1.54) is 5.57 Å². The Balaban J connectivity index is 1.27. The van der Waals surface area contributed by atoms with Crippen LogP contribution in [0.2, 0.25) is 0 Å². The number of β-amino-alcohol motifs (C(OH)–C–C–N with tert-alkyl or cyclic N) is 1. The number of nitrogens with one attached hydrogen (secondary N) is 3. The molecule has 7 rings (SSSR count). The third kappa shape index (κ3) is 12.1. The van der Waals surface area contributed by atoms with Crippen molar-refractivity contribution in [3.8, 4) is 5.75 Å². The van der Waals surface area contributed by atoms with E-state index in [9.17, 15) is 40.2 Å². The molecule has 0 saturated heterocycles. The number of Topliss-reactive ketones (excluding diaryl/α,β-unsaturated/α-hetero) is 1. The van der Waals surface area contributed by atoms with Gasteiger partial charge < -0.3 is 47.0 Å². The van der Waals surface area contributed by atoms with Crippen LogP contribution in [0.1, 0.15) is 125 Å². The SMILES string of the molecule is C=C(/C=C/C=C(/CO)[C@H]1CC[C@@]2([C@@H]3CC[C@H](O)Cc4cccc(c4)C[C@H](Cc4ccc(O)cc4)[C@H](O)CN[C@H]4C(=O)N[C@@H](N)c5cccc(c54)CC(=O)/C(C)=C/3CC[C@@]2(C)O)[C@@H]1O)[C@H](CC=C(C)C)NCC. The summed E-state index contributed by atoms with van der Waals surface area (Å²) in [5.41, 5.74) is 13.0. The van der Waals surface area contributed by atoms with Crippen molar-refractivity contribution in [2.24, 2.45) is 28.9 Å². The highest BCUT2D eigenvalue weighted by molar-refractivity contribution is 5.98. The number of amides is 1. The average molecular weight is 985 g/mol. The number of rotatable bonds is 11. The first-order valence-corrected chi connectivity index (χ1v) is 26.2. The summed E-state index contributed by atoms with van der Waals surface area (Å²) >= 11 is 0. The molecule has 12 nitrogen and oxygen atoms in total. The molecular formula is C60H80N4O8. The lowest BCUT2D eigenvalue weighted by atomic mass is 9.52. The van der Waals surface area contributed by atoms with Crippen molar-refractivity contribution in [1.29, 1.82) is 0 Å². The van der Waals surface area contributed by atoms with Crippen molar-refractivity contribution in [3.63, 3.8) is 0 Å². The summed E-state index contributed by atoms with van der Waals surface area (Å²) in [6.45, 7) is 14.7. The molecular weight excluding hydrogens is 905 g/mol. The molecule has 12 heteroatoms. The molecule has 11 atom stereocenters. The van der Waals surface area contributed by atoms with E-state index >= 15 is 0 Å². The highest BCUT2D eigenvalue weighted by Crippen LogP contribution is 2.63. The van der Waals surface area contributed by atoms with Crippen LogP contribution in [0.25, 0.3) is 0 Å². The number of aromatic hydroxyl groups is 1. The van der Waals surface area contributed by atoms with Gasteiger partial charge in [-0.3, -0.25) is 14.9 Å². The van der Waals surface area contributed by atoms with Crippen LogP contribution in [0.3, 0.4) is 0 Å². The fourth-order valence-corrected chi connectivity index (χ4v) is 12.6. The van der Waals surface area contributed by atoms with E-state index in [0.717, 1.165) is 40.8 Å². The average Bonchev–Trinajstić information content (AvgIpc) is 3.69. The fourth-order valence-electron chi connectivity index (χ4n) is 12.6. The maximum Gasteiger partial charge on any atom is 0.243 e. The van der Waals surface area contributed by atoms with Gasteiger partial charge in [-0.1, -0.05) is 104 Å². The minimum absolute atomic E-state index is 0.0400. The minimum Gasteiger partial charge on any atom is -0.508 e. The van der Waals surface area contributed by atoms with Crippen molar-refractivity contribution in [2.75, 3.05) is 19.7 Å². The van der Waals surface area contributed by atoms with E-state index in [2.05, 4.69) is 55.4 Å². The first-order chi connectivity index (χ1) is 34.4. The number of hydrogen-bond donors (Lipinski definition) is 10. The molecule has 0 aromatic heterocycles. The number of aliphatic hydroxyl groups is 5. The third-order valence-corrected chi connectivity index (χ3v) is 16.6. The number of phenolic OH excluding ortho intramolecular Hbond substituents is 1. The van der Waals surface area contributed by atoms with E-state index in [0.29, 0.717) is 85.6 Å². The summed E-state index contributed by atoms with van der Waals surface area (Å²) in [5.74, 6) is -1.67. The number of fused-ring (bicyclic) bond motifs is 4. The highest BCUT2D eigenvalue weighted by atomic mass is 16.3. The Hall–Kier alpha value is -5.02. The van der Waals surface area contributed by atoms with Crippen LogP contribution in [-0.4, -0.2) is 92.0 Å². The number of carbonyl (C=O) groups excluding carboxylic acids is 2. The summed E-state index contributed by atoms with van der Waals surface area (Å²) in [6, 6.07) is 19.6. The number of allylic oxidation sites excluding steroid dienone is 5. The number of carbonyl (C=O) groups is 2. The van der Waals surface area contributed by atoms with Crippen LogP contribution in [0.15, 0.2) is 125 Å². The molecule has 1 spiro atoms. The number of nitrogens with two attached hydrogens (primary N) is 1. The Bertz CT molecular complexity index is 2540. The van der Waals surface area contributed by atoms with E-state index < -0.39 is 53.4 Å². The predicted molar refractivity (Wildman–Crippen MR) is 284 cm³/mol. The smallest absolute Gasteiger partial charge is 0.243 e. The Labute approximate surface area is 426 Å². The summed E-state index contributed by atoms with van der Waals surface area (Å²) in [7, 11) is 0. The number of hydrogen-bond acceptors (Lipinski definition) is 11. The standard InChI is InChI=1S/C60H80N4O8/c1-7-62-51(24-17-36(2)3)37(4)11-8-15-43(35-65)48-26-28-60(56(48)70)50-23-22-46(67)32-41-13-9-12-40(29-41)31-44(30-39-18-20-45(66)21-19-39)53(69)34-63-55-54-42(14-10-16-49(54)57(61)64-58(55)71)33-52(68)38(5)47(50)25-27-59(60,6)72/h8-21,29,44,46,48,50-51,53,55-57,62-63,65-67,69-70,72H,4,7,22-28,30-35,61H2,1-3,5-6H3,(H,64,71)/b11-8+,43-15-,47-38+/t44-,46-,48+,50+,51-,53+,55+,56+,57+,59+,60+/m0/s1. The normalized spacial score (nSPS) is 31.1. The molecule has 2 fully saturated rings. The molecule has 1 amide bonds. The molecule has 2 aliphatic heterocycles. The Morgan fingerprint density at radius 2 is 1.71 bits per heavy atom. The maximum atomic E-state index is 14.9. The molecule has 72 heavy (non-hydrogen) atoms. The molecule has 388 valence electrons. The number of aliphatic hydroxyl groups excluding tert-OH is 4. The van der Waals surface area contributed by atoms with Crippen LogP contribution < -0.4 is 21.7 Å². The minimum atomic E-state index is -1.36. The molecule has 3 aromatic carbocycles. The molecule has 2 aliphatic carbocycles. The van der Waals surface area contributed by atoms with Gasteiger partial charge in [-0.15, -0.1) is 0 Å². The van der Waals surface area contributed by atoms with Gasteiger partial charge in [-0.2, -0.15) is 0 Å². The van der Waals surface area contributed by atoms with Crippen molar-refractivity contribution in [2.45, 2.75) is 147 Å². The molecule has 0 radical (unpaired) electrons. The van der Waals surface area contributed by atoms with E-state index in [4.69, 9.17) is 5.73 Å². The Morgan fingerprint density at radius 1 is 0.986 bits per heavy atom. The molecule has 4 aliphatic rings. The molecule has 2 heterocycles. The quantitative estimate of drug-likeness (QED) is 0.0699. The van der Waals surface area contributed by atoms with Gasteiger partial charge in [0.05, 0.1) is 30.5 Å². The molecule has 0 unspecified atom stereocenters. The van der Waals surface area contributed by atoms with Gasteiger partial charge in [0.15, 0.2) is 5.78 Å². The second kappa shape index (κ2) is 23.9. The second-order valence-electron chi connectivity index (χ2n) is 21.6. The first kappa shape index (κ1) is 54.7. The van der Waals surface area contributed by atoms with Crippen LogP contribution in [0.5, 0.6) is 5.75 Å². The molecule has 3 aromatic rings. The zero-order valence-electron chi connectivity index (χ0n) is 43.0. The number of likely N-dealkylation sites (N-methyl/N-ethyl adjacent to an activating group) is 1. The topological polar surface area (TPSA) is 218 Å². The summed E-state index contributed by atoms with van der Waals surface area (Å²) < 4.78 is 0. The van der Waals surface area contributed by atoms with Crippen LogP contribution in [0, 0.1) is 23.2 Å². The van der Waals surface area contributed by atoms with Gasteiger partial charge >= 0.3 is 0 Å². The lowest BCUT2D eigenvalue weighted by Crippen LogP contribution is -2.59. The van der Waals surface area contributed by atoms with Crippen molar-refractivity contribution in [3.05, 3.63) is 159 Å². The summed E-state index contributed by atoms with van der Waals surface area (Å²) in [4.78, 5) is 28.9. The highest BCUT2D eigenvalue weighted by Gasteiger charge is 2.64. The Kier molecular flexibility index (Phi) is 18.2. The number of ketones is 1. The van der Waals surface area contributed by atoms with Gasteiger partial charge in [0.25, 0.3) is 0 Å². The second-order valence-corrected chi connectivity index (χ2v) is 21.6. The largest absolute Gasteiger partial charge is 0.508 e. The molecule has 2 bridgehead atoms. The predicted octanol–water partition coefficient (Wildman–Crippen LogP) is 6.98. The molecule has 2 saturated carbocycles. The monoisotopic (exact) mass is 985 g/mol. The maximum absolute atomic E-state index is 14.9. The van der Waals surface area contributed by atoms with Crippen LogP contribution >= 0.6 is 0 Å². The van der Waals surface area contributed by atoms with E-state index in [1.807, 2.05) is 73.7 Å². The lowest BCUT2D eigenvalue weighted by molar-refractivity contribution is -0.168. The van der Waals surface area contributed by atoms with E-state index in [1.54, 1.807) is 19.1 Å². The van der Waals surface area contributed by atoms with Gasteiger partial charge in [0.1, 0.15) is 18.0 Å². The zero-order chi connectivity index (χ0) is 51.9. The van der Waals surface area contributed by atoms with E-state index in [-0.39, 0.29) is 49.0 Å². The van der Waals surface area contributed by atoms with Gasteiger partial charge in [-0.25, -0.2) is 0 Å². The zero-order valence-corrected chi connectivity index (χ0v) is 43.0. The fraction of sp³-hybridized carbons (Fsp3) is 0.500. The number of phenols is 1. The van der Waals surface area contributed by atoms with Crippen molar-refractivity contribution >= 4 is 11.7 Å². The van der Waals surface area contributed by atoms with Crippen LogP contribution in [-0.2, 0) is 35.3 Å². The summed E-state index contributed by atoms with van der Waals surface area (Å²) in [6.07, 6.45) is 8.69. The third-order valence-electron chi connectivity index (χ3n) is 16.6.